The second-order valence-electron chi connectivity index (χ2n) is 6.44. The smallest absolute Gasteiger partial charge is 0.325 e. The third-order valence-corrected chi connectivity index (χ3v) is 5.12. The second-order valence-corrected chi connectivity index (χ2v) is 7.35. The lowest BCUT2D eigenvalue weighted by Crippen LogP contribution is -2.29. The molecular formula is C16H17BrF3N5O. The third-order valence-electron chi connectivity index (χ3n) is 4.63. The van der Waals surface area contributed by atoms with Crippen molar-refractivity contribution in [1.29, 1.82) is 0 Å². The number of amides is 1. The molecule has 0 saturated heterocycles. The SMILES string of the molecule is O=C(CC1CCC(C(F)(F)F)CC1)Nc1ccc(Br)cc1-c1nn[nH]n1. The van der Waals surface area contributed by atoms with E-state index < -0.39 is 12.1 Å². The van der Waals surface area contributed by atoms with Crippen LogP contribution in [0.25, 0.3) is 11.4 Å². The van der Waals surface area contributed by atoms with Crippen LogP contribution in [0.3, 0.4) is 0 Å². The van der Waals surface area contributed by atoms with Crippen molar-refractivity contribution in [1.82, 2.24) is 20.6 Å². The van der Waals surface area contributed by atoms with Gasteiger partial charge in [0.2, 0.25) is 11.7 Å². The summed E-state index contributed by atoms with van der Waals surface area (Å²) in [5.41, 5.74) is 1.13. The van der Waals surface area contributed by atoms with Crippen LogP contribution in [0.1, 0.15) is 32.1 Å². The number of alkyl halides is 3. The van der Waals surface area contributed by atoms with Gasteiger partial charge in [-0.2, -0.15) is 18.4 Å². The maximum Gasteiger partial charge on any atom is 0.391 e. The van der Waals surface area contributed by atoms with Crippen LogP contribution in [0.5, 0.6) is 0 Å². The minimum atomic E-state index is -4.13. The fourth-order valence-electron chi connectivity index (χ4n) is 3.24. The predicted molar refractivity (Wildman–Crippen MR) is 92.1 cm³/mol. The van der Waals surface area contributed by atoms with Crippen molar-refractivity contribution in [2.24, 2.45) is 11.8 Å². The minimum absolute atomic E-state index is 0.0299. The van der Waals surface area contributed by atoms with Crippen molar-refractivity contribution >= 4 is 27.5 Å². The molecule has 6 nitrogen and oxygen atoms in total. The van der Waals surface area contributed by atoms with Crippen molar-refractivity contribution in [2.75, 3.05) is 5.32 Å². The number of aromatic amines is 1. The normalized spacial score (nSPS) is 20.8. The number of anilines is 1. The highest BCUT2D eigenvalue weighted by molar-refractivity contribution is 9.10. The second kappa shape index (κ2) is 7.73. The number of carbonyl (C=O) groups excluding carboxylic acids is 1. The van der Waals surface area contributed by atoms with Crippen molar-refractivity contribution in [2.45, 2.75) is 38.3 Å². The van der Waals surface area contributed by atoms with Gasteiger partial charge >= 0.3 is 6.18 Å². The zero-order valence-corrected chi connectivity index (χ0v) is 15.3. The highest BCUT2D eigenvalue weighted by Gasteiger charge is 2.41. The summed E-state index contributed by atoms with van der Waals surface area (Å²) in [6, 6.07) is 5.25. The molecule has 0 aliphatic heterocycles. The summed E-state index contributed by atoms with van der Waals surface area (Å²) in [6.07, 6.45) is -2.93. The van der Waals surface area contributed by atoms with Gasteiger partial charge in [-0.05, 0) is 55.0 Å². The summed E-state index contributed by atoms with van der Waals surface area (Å²) in [7, 11) is 0. The average Bonchev–Trinajstić information content (AvgIpc) is 3.10. The Bertz CT molecular complexity index is 758. The minimum Gasteiger partial charge on any atom is -0.325 e. The van der Waals surface area contributed by atoms with Crippen LogP contribution >= 0.6 is 15.9 Å². The van der Waals surface area contributed by atoms with E-state index in [4.69, 9.17) is 0 Å². The molecule has 1 fully saturated rings. The Kier molecular flexibility index (Phi) is 5.59. The Morgan fingerprint density at radius 1 is 1.27 bits per heavy atom. The molecule has 0 atom stereocenters. The summed E-state index contributed by atoms with van der Waals surface area (Å²) in [4.78, 5) is 12.4. The summed E-state index contributed by atoms with van der Waals surface area (Å²) in [5, 5.41) is 16.5. The molecule has 140 valence electrons. The lowest BCUT2D eigenvalue weighted by atomic mass is 9.80. The maximum atomic E-state index is 12.7. The largest absolute Gasteiger partial charge is 0.391 e. The molecule has 0 radical (unpaired) electrons. The number of H-pyrrole nitrogens is 1. The Morgan fingerprint density at radius 3 is 2.62 bits per heavy atom. The van der Waals surface area contributed by atoms with Gasteiger partial charge < -0.3 is 5.32 Å². The van der Waals surface area contributed by atoms with Crippen LogP contribution in [0.15, 0.2) is 22.7 Å². The van der Waals surface area contributed by atoms with Crippen LogP contribution < -0.4 is 5.32 Å². The number of carbonyl (C=O) groups is 1. The van der Waals surface area contributed by atoms with Gasteiger partial charge in [0, 0.05) is 16.5 Å². The molecule has 2 aromatic rings. The molecule has 1 amide bonds. The quantitative estimate of drug-likeness (QED) is 0.754. The van der Waals surface area contributed by atoms with Crippen LogP contribution in [-0.2, 0) is 4.79 Å². The number of hydrogen-bond acceptors (Lipinski definition) is 4. The molecule has 1 heterocycles. The Labute approximate surface area is 156 Å². The van der Waals surface area contributed by atoms with E-state index in [-0.39, 0.29) is 31.1 Å². The van der Waals surface area contributed by atoms with E-state index in [1.807, 2.05) is 0 Å². The standard InChI is InChI=1S/C16H17BrF3N5O/c17-11-5-6-13(12(8-11)15-22-24-25-23-15)21-14(26)7-9-1-3-10(4-2-9)16(18,19)20/h5-6,8-10H,1-4,7H2,(H,21,26)(H,22,23,24,25). The summed E-state index contributed by atoms with van der Waals surface area (Å²) in [6.45, 7) is 0. The van der Waals surface area contributed by atoms with E-state index in [2.05, 4.69) is 41.9 Å². The monoisotopic (exact) mass is 431 g/mol. The number of hydrogen-bond donors (Lipinski definition) is 2. The van der Waals surface area contributed by atoms with E-state index in [0.717, 1.165) is 4.47 Å². The van der Waals surface area contributed by atoms with Gasteiger partial charge in [0.1, 0.15) is 0 Å². The molecule has 1 aliphatic carbocycles. The van der Waals surface area contributed by atoms with E-state index in [1.165, 1.54) is 0 Å². The predicted octanol–water partition coefficient (Wildman–Crippen LogP) is 4.33. The number of halogens is 4. The molecule has 26 heavy (non-hydrogen) atoms. The number of nitrogens with zero attached hydrogens (tertiary/aromatic N) is 3. The first-order valence-electron chi connectivity index (χ1n) is 8.23. The molecule has 1 saturated carbocycles. The number of tetrazole rings is 1. The third kappa shape index (κ3) is 4.60. The van der Waals surface area contributed by atoms with E-state index in [1.54, 1.807) is 18.2 Å². The van der Waals surface area contributed by atoms with Crippen molar-refractivity contribution in [3.05, 3.63) is 22.7 Å². The molecule has 1 aromatic heterocycles. The molecule has 0 unspecified atom stereocenters. The fourth-order valence-corrected chi connectivity index (χ4v) is 3.60. The summed E-state index contributed by atoms with van der Waals surface area (Å²) in [5.74, 6) is -1.16. The summed E-state index contributed by atoms with van der Waals surface area (Å²) >= 11 is 3.36. The van der Waals surface area contributed by atoms with Crippen LogP contribution in [0.2, 0.25) is 0 Å². The van der Waals surface area contributed by atoms with E-state index in [0.29, 0.717) is 29.9 Å². The van der Waals surface area contributed by atoms with Gasteiger partial charge in [0.05, 0.1) is 11.6 Å². The van der Waals surface area contributed by atoms with Crippen LogP contribution in [0.4, 0.5) is 18.9 Å². The van der Waals surface area contributed by atoms with Crippen molar-refractivity contribution < 1.29 is 18.0 Å². The first-order valence-corrected chi connectivity index (χ1v) is 9.02. The molecular weight excluding hydrogens is 415 g/mol. The van der Waals surface area contributed by atoms with Gasteiger partial charge in [0.25, 0.3) is 0 Å². The molecule has 2 N–H and O–H groups in total. The van der Waals surface area contributed by atoms with E-state index in [9.17, 15) is 18.0 Å². The van der Waals surface area contributed by atoms with Gasteiger partial charge in [-0.1, -0.05) is 15.9 Å². The van der Waals surface area contributed by atoms with Crippen molar-refractivity contribution in [3.63, 3.8) is 0 Å². The fraction of sp³-hybridized carbons (Fsp3) is 0.500. The molecule has 10 heteroatoms. The molecule has 0 spiro atoms. The molecule has 1 aliphatic rings. The number of benzene rings is 1. The average molecular weight is 432 g/mol. The highest BCUT2D eigenvalue weighted by atomic mass is 79.9. The first-order chi connectivity index (χ1) is 12.3. The van der Waals surface area contributed by atoms with Gasteiger partial charge in [-0.3, -0.25) is 4.79 Å². The van der Waals surface area contributed by atoms with Gasteiger partial charge in [-0.25, -0.2) is 0 Å². The van der Waals surface area contributed by atoms with Gasteiger partial charge in [-0.15, -0.1) is 10.2 Å². The lowest BCUT2D eigenvalue weighted by molar-refractivity contribution is -0.183. The Balaban J connectivity index is 1.61. The van der Waals surface area contributed by atoms with Crippen LogP contribution in [0, 0.1) is 11.8 Å². The topological polar surface area (TPSA) is 83.6 Å². The lowest BCUT2D eigenvalue weighted by Gasteiger charge is -2.29. The van der Waals surface area contributed by atoms with Crippen molar-refractivity contribution in [3.8, 4) is 11.4 Å². The Hall–Kier alpha value is -1.97. The molecule has 3 rings (SSSR count). The zero-order chi connectivity index (χ0) is 18.7. The first kappa shape index (κ1) is 18.8. The van der Waals surface area contributed by atoms with Crippen LogP contribution in [-0.4, -0.2) is 32.7 Å². The number of rotatable bonds is 4. The number of nitrogens with one attached hydrogen (secondary N) is 2. The van der Waals surface area contributed by atoms with E-state index >= 15 is 0 Å². The molecule has 1 aromatic carbocycles. The molecule has 0 bridgehead atoms. The maximum absolute atomic E-state index is 12.7. The van der Waals surface area contributed by atoms with Gasteiger partial charge in [0.15, 0.2) is 0 Å². The highest BCUT2D eigenvalue weighted by Crippen LogP contribution is 2.40. The zero-order valence-electron chi connectivity index (χ0n) is 13.7. The number of aromatic nitrogens is 4. The Morgan fingerprint density at radius 2 is 2.00 bits per heavy atom. The summed E-state index contributed by atoms with van der Waals surface area (Å²) < 4.78 is 39.0.